The van der Waals surface area contributed by atoms with Crippen molar-refractivity contribution in [3.05, 3.63) is 111 Å². The summed E-state index contributed by atoms with van der Waals surface area (Å²) in [6.45, 7) is 2.61. The Morgan fingerprint density at radius 1 is 1.05 bits per heavy atom. The summed E-state index contributed by atoms with van der Waals surface area (Å²) in [5.41, 5.74) is 9.97. The standard InChI is InChI=1S/C30H26ClFN4O2/c1-18-6-4-5-7-27(18)36(17-19-8-10-21(38-3)11-9-19)29-15-28-20(16-34-29)12-23(30(37)35(28)2)22-13-26(33)25(32)14-24(22)31/h4-16H,17,33H2,1-3H3. The highest BCUT2D eigenvalue weighted by Gasteiger charge is 2.18. The van der Waals surface area contributed by atoms with Crippen molar-refractivity contribution in [1.82, 2.24) is 9.55 Å². The van der Waals surface area contributed by atoms with Crippen molar-refractivity contribution >= 4 is 39.7 Å². The van der Waals surface area contributed by atoms with E-state index in [0.29, 0.717) is 29.0 Å². The zero-order valence-corrected chi connectivity index (χ0v) is 22.0. The Morgan fingerprint density at radius 3 is 2.50 bits per heavy atom. The van der Waals surface area contributed by atoms with Crippen LogP contribution in [0.4, 0.5) is 21.6 Å². The molecule has 0 aliphatic rings. The van der Waals surface area contributed by atoms with Gasteiger partial charge in [-0.1, -0.05) is 41.9 Å². The molecule has 0 aliphatic heterocycles. The first-order valence-electron chi connectivity index (χ1n) is 12.0. The van der Waals surface area contributed by atoms with Crippen molar-refractivity contribution in [1.29, 1.82) is 0 Å². The van der Waals surface area contributed by atoms with Crippen LogP contribution >= 0.6 is 11.6 Å². The van der Waals surface area contributed by atoms with Crippen LogP contribution in [-0.4, -0.2) is 16.7 Å². The predicted molar refractivity (Wildman–Crippen MR) is 152 cm³/mol. The van der Waals surface area contributed by atoms with Gasteiger partial charge in [-0.25, -0.2) is 9.37 Å². The first-order valence-corrected chi connectivity index (χ1v) is 12.4. The molecule has 0 saturated heterocycles. The number of fused-ring (bicyclic) bond motifs is 1. The zero-order chi connectivity index (χ0) is 27.0. The number of halogens is 2. The number of rotatable bonds is 6. The topological polar surface area (TPSA) is 73.4 Å². The fourth-order valence-electron chi connectivity index (χ4n) is 4.54. The Kier molecular flexibility index (Phi) is 6.78. The van der Waals surface area contributed by atoms with E-state index in [9.17, 15) is 9.18 Å². The molecular formula is C30H26ClFN4O2. The Labute approximate surface area is 224 Å². The number of para-hydroxylation sites is 1. The van der Waals surface area contributed by atoms with Crippen molar-refractivity contribution in [2.45, 2.75) is 13.5 Å². The van der Waals surface area contributed by atoms with E-state index in [2.05, 4.69) is 17.9 Å². The minimum Gasteiger partial charge on any atom is -0.497 e. The molecule has 2 N–H and O–H groups in total. The SMILES string of the molecule is COc1ccc(CN(c2cc3c(cn2)cc(-c2cc(N)c(F)cc2Cl)c(=O)n3C)c2ccccc2C)cc1. The van der Waals surface area contributed by atoms with Crippen LogP contribution in [0.2, 0.25) is 5.02 Å². The fourth-order valence-corrected chi connectivity index (χ4v) is 4.79. The Morgan fingerprint density at radius 2 is 1.79 bits per heavy atom. The minimum absolute atomic E-state index is 0.0765. The maximum absolute atomic E-state index is 13.9. The number of ether oxygens (including phenoxy) is 1. The average molecular weight is 529 g/mol. The van der Waals surface area contributed by atoms with Gasteiger partial charge in [0.1, 0.15) is 17.4 Å². The molecule has 8 heteroatoms. The van der Waals surface area contributed by atoms with Gasteiger partial charge in [-0.15, -0.1) is 0 Å². The van der Waals surface area contributed by atoms with Gasteiger partial charge in [-0.2, -0.15) is 0 Å². The summed E-state index contributed by atoms with van der Waals surface area (Å²) in [6, 6.07) is 22.1. The molecule has 0 amide bonds. The molecule has 2 aromatic heterocycles. The van der Waals surface area contributed by atoms with Gasteiger partial charge in [0, 0.05) is 48.1 Å². The highest BCUT2D eigenvalue weighted by Crippen LogP contribution is 2.34. The number of aromatic nitrogens is 2. The molecule has 5 rings (SSSR count). The monoisotopic (exact) mass is 528 g/mol. The summed E-state index contributed by atoms with van der Waals surface area (Å²) < 4.78 is 20.7. The van der Waals surface area contributed by atoms with Crippen LogP contribution in [0.5, 0.6) is 5.75 Å². The number of nitrogens with two attached hydrogens (primary N) is 1. The second-order valence-corrected chi connectivity index (χ2v) is 9.50. The maximum Gasteiger partial charge on any atom is 0.258 e. The highest BCUT2D eigenvalue weighted by molar-refractivity contribution is 6.33. The third-order valence-corrected chi connectivity index (χ3v) is 6.97. The molecule has 0 atom stereocenters. The summed E-state index contributed by atoms with van der Waals surface area (Å²) >= 11 is 6.28. The third-order valence-electron chi connectivity index (χ3n) is 6.65. The molecule has 192 valence electrons. The van der Waals surface area contributed by atoms with Crippen molar-refractivity contribution in [2.24, 2.45) is 7.05 Å². The number of aryl methyl sites for hydroxylation is 2. The van der Waals surface area contributed by atoms with Crippen LogP contribution in [0, 0.1) is 12.7 Å². The predicted octanol–water partition coefficient (Wildman–Crippen LogP) is 6.63. The first-order chi connectivity index (χ1) is 18.3. The van der Waals surface area contributed by atoms with E-state index in [-0.39, 0.29) is 16.3 Å². The molecule has 3 aromatic carbocycles. The molecule has 6 nitrogen and oxygen atoms in total. The lowest BCUT2D eigenvalue weighted by Gasteiger charge is -2.26. The van der Waals surface area contributed by atoms with Gasteiger partial charge in [0.05, 0.1) is 23.3 Å². The lowest BCUT2D eigenvalue weighted by Crippen LogP contribution is -2.21. The number of benzene rings is 3. The van der Waals surface area contributed by atoms with E-state index in [1.54, 1.807) is 31.0 Å². The lowest BCUT2D eigenvalue weighted by molar-refractivity contribution is 0.414. The molecule has 0 spiro atoms. The van der Waals surface area contributed by atoms with Crippen LogP contribution in [0.1, 0.15) is 11.1 Å². The van der Waals surface area contributed by atoms with E-state index >= 15 is 0 Å². The number of nitrogen functional groups attached to an aromatic ring is 1. The third kappa shape index (κ3) is 4.68. The lowest BCUT2D eigenvalue weighted by atomic mass is 10.0. The number of pyridine rings is 2. The smallest absolute Gasteiger partial charge is 0.258 e. The van der Waals surface area contributed by atoms with Gasteiger partial charge < -0.3 is 19.9 Å². The number of anilines is 3. The molecule has 0 aliphatic carbocycles. The van der Waals surface area contributed by atoms with Crippen molar-refractivity contribution in [2.75, 3.05) is 17.7 Å². The van der Waals surface area contributed by atoms with E-state index in [0.717, 1.165) is 34.0 Å². The number of hydrogen-bond acceptors (Lipinski definition) is 5. The van der Waals surface area contributed by atoms with Crippen LogP contribution in [0.15, 0.2) is 83.8 Å². The molecule has 0 radical (unpaired) electrons. The van der Waals surface area contributed by atoms with Gasteiger partial charge in [0.25, 0.3) is 5.56 Å². The number of nitrogens with zero attached hydrogens (tertiary/aromatic N) is 3. The largest absolute Gasteiger partial charge is 0.497 e. The Bertz CT molecular complexity index is 1720. The van der Waals surface area contributed by atoms with Gasteiger partial charge in [0.15, 0.2) is 0 Å². The first kappa shape index (κ1) is 25.3. The Hall–Kier alpha value is -4.36. The molecule has 5 aromatic rings. The molecule has 38 heavy (non-hydrogen) atoms. The zero-order valence-electron chi connectivity index (χ0n) is 21.2. The highest BCUT2D eigenvalue weighted by atomic mass is 35.5. The van der Waals surface area contributed by atoms with Gasteiger partial charge >= 0.3 is 0 Å². The van der Waals surface area contributed by atoms with Gasteiger partial charge in [0.2, 0.25) is 0 Å². The van der Waals surface area contributed by atoms with E-state index < -0.39 is 5.82 Å². The molecule has 2 heterocycles. The molecule has 0 fully saturated rings. The Balaban J connectivity index is 1.64. The second kappa shape index (κ2) is 10.2. The molecule has 0 bridgehead atoms. The summed E-state index contributed by atoms with van der Waals surface area (Å²) in [5.74, 6) is 0.846. The fraction of sp³-hybridized carbons (Fsp3) is 0.133. The van der Waals surface area contributed by atoms with Crippen molar-refractivity contribution in [3.8, 4) is 16.9 Å². The molecule has 0 unspecified atom stereocenters. The average Bonchev–Trinajstić information content (AvgIpc) is 2.92. The summed E-state index contributed by atoms with van der Waals surface area (Å²) in [4.78, 5) is 20.3. The summed E-state index contributed by atoms with van der Waals surface area (Å²) in [7, 11) is 3.34. The molecular weight excluding hydrogens is 503 g/mol. The second-order valence-electron chi connectivity index (χ2n) is 9.10. The van der Waals surface area contributed by atoms with Crippen LogP contribution in [0.3, 0.4) is 0 Å². The quantitative estimate of drug-likeness (QED) is 0.250. The number of hydrogen-bond donors (Lipinski definition) is 1. The number of methoxy groups -OCH3 is 1. The maximum atomic E-state index is 13.9. The minimum atomic E-state index is -0.629. The van der Waals surface area contributed by atoms with E-state index in [1.807, 2.05) is 48.5 Å². The van der Waals surface area contributed by atoms with E-state index in [1.165, 1.54) is 6.07 Å². The van der Waals surface area contributed by atoms with Crippen molar-refractivity contribution < 1.29 is 9.13 Å². The van der Waals surface area contributed by atoms with Crippen LogP contribution in [0.25, 0.3) is 22.0 Å². The van der Waals surface area contributed by atoms with Crippen LogP contribution in [-0.2, 0) is 13.6 Å². The molecule has 0 saturated carbocycles. The van der Waals surface area contributed by atoms with Crippen molar-refractivity contribution in [3.63, 3.8) is 0 Å². The normalized spacial score (nSPS) is 11.1. The summed E-state index contributed by atoms with van der Waals surface area (Å²) in [6.07, 6.45) is 1.73. The van der Waals surface area contributed by atoms with Gasteiger partial charge in [-0.05, 0) is 54.4 Å². The van der Waals surface area contributed by atoms with E-state index in [4.69, 9.17) is 27.1 Å². The van der Waals surface area contributed by atoms with Crippen LogP contribution < -0.4 is 20.9 Å². The van der Waals surface area contributed by atoms with Gasteiger partial charge in [-0.3, -0.25) is 4.79 Å². The summed E-state index contributed by atoms with van der Waals surface area (Å²) in [5, 5.41) is 0.849.